The van der Waals surface area contributed by atoms with Crippen molar-refractivity contribution in [1.82, 2.24) is 5.32 Å². The minimum absolute atomic E-state index is 0.0248. The van der Waals surface area contributed by atoms with Gasteiger partial charge in [-0.15, -0.1) is 0 Å². The number of hydrogen-bond donors (Lipinski definition) is 1. The van der Waals surface area contributed by atoms with Crippen LogP contribution in [0.3, 0.4) is 0 Å². The highest BCUT2D eigenvalue weighted by molar-refractivity contribution is 7.98. The number of thioether (sulfide) groups is 1. The quantitative estimate of drug-likeness (QED) is 0.727. The SMILES string of the molecule is CSCCCCNC1CC(C)(C)OC1(C)C. The van der Waals surface area contributed by atoms with Crippen molar-refractivity contribution in [3.8, 4) is 0 Å². The van der Waals surface area contributed by atoms with Crippen molar-refractivity contribution in [2.45, 2.75) is 64.2 Å². The van der Waals surface area contributed by atoms with E-state index in [0.717, 1.165) is 13.0 Å². The molecule has 0 aliphatic carbocycles. The lowest BCUT2D eigenvalue weighted by Crippen LogP contribution is -2.43. The molecule has 1 aliphatic rings. The molecule has 0 aromatic carbocycles. The minimum atomic E-state index is -0.0248. The van der Waals surface area contributed by atoms with Gasteiger partial charge < -0.3 is 10.1 Å². The Morgan fingerprint density at radius 2 is 1.94 bits per heavy atom. The summed E-state index contributed by atoms with van der Waals surface area (Å²) in [5, 5.41) is 3.65. The van der Waals surface area contributed by atoms with Crippen molar-refractivity contribution < 1.29 is 4.74 Å². The molecule has 1 saturated heterocycles. The van der Waals surface area contributed by atoms with E-state index in [1.54, 1.807) is 0 Å². The van der Waals surface area contributed by atoms with E-state index in [1.165, 1.54) is 18.6 Å². The van der Waals surface area contributed by atoms with Crippen LogP contribution < -0.4 is 5.32 Å². The molecule has 2 nitrogen and oxygen atoms in total. The fraction of sp³-hybridized carbons (Fsp3) is 1.00. The van der Waals surface area contributed by atoms with E-state index in [-0.39, 0.29) is 11.2 Å². The summed E-state index contributed by atoms with van der Waals surface area (Å²) in [7, 11) is 0. The van der Waals surface area contributed by atoms with Gasteiger partial charge in [-0.3, -0.25) is 0 Å². The van der Waals surface area contributed by atoms with Gasteiger partial charge in [0, 0.05) is 6.04 Å². The average molecular weight is 245 g/mol. The maximum Gasteiger partial charge on any atom is 0.0787 e. The van der Waals surface area contributed by atoms with Crippen LogP contribution in [0.1, 0.15) is 47.0 Å². The third-order valence-electron chi connectivity index (χ3n) is 3.24. The highest BCUT2D eigenvalue weighted by atomic mass is 32.2. The lowest BCUT2D eigenvalue weighted by molar-refractivity contribution is -0.0697. The zero-order valence-electron chi connectivity index (χ0n) is 11.4. The third kappa shape index (κ3) is 4.27. The summed E-state index contributed by atoms with van der Waals surface area (Å²) in [5.41, 5.74) is 0.00342. The number of ether oxygens (including phenoxy) is 1. The predicted octanol–water partition coefficient (Wildman–Crippen LogP) is 3.07. The standard InChI is InChI=1S/C13H27NOS/c1-12(2)10-11(13(3,4)15-12)14-8-6-7-9-16-5/h11,14H,6-10H2,1-5H3. The Bertz CT molecular complexity index is 216. The van der Waals surface area contributed by atoms with Crippen molar-refractivity contribution in [3.05, 3.63) is 0 Å². The van der Waals surface area contributed by atoms with Crippen LogP contribution in [0.2, 0.25) is 0 Å². The highest BCUT2D eigenvalue weighted by Gasteiger charge is 2.45. The molecule has 1 aliphatic heterocycles. The van der Waals surface area contributed by atoms with Crippen LogP contribution in [0.15, 0.2) is 0 Å². The number of rotatable bonds is 6. The molecule has 1 heterocycles. The van der Waals surface area contributed by atoms with Crippen LogP contribution in [0.4, 0.5) is 0 Å². The molecule has 1 unspecified atom stereocenters. The molecule has 1 fully saturated rings. The third-order valence-corrected chi connectivity index (χ3v) is 3.94. The van der Waals surface area contributed by atoms with Gasteiger partial charge in [0.15, 0.2) is 0 Å². The monoisotopic (exact) mass is 245 g/mol. The van der Waals surface area contributed by atoms with Crippen LogP contribution in [0, 0.1) is 0 Å². The second kappa shape index (κ2) is 5.74. The first-order chi connectivity index (χ1) is 7.37. The normalized spacial score (nSPS) is 27.2. The Morgan fingerprint density at radius 1 is 1.25 bits per heavy atom. The molecule has 0 spiro atoms. The molecule has 0 aromatic heterocycles. The summed E-state index contributed by atoms with van der Waals surface area (Å²) >= 11 is 1.93. The zero-order chi connectivity index (χ0) is 12.2. The Balaban J connectivity index is 2.26. The summed E-state index contributed by atoms with van der Waals surface area (Å²) in [6.07, 6.45) is 5.87. The van der Waals surface area contributed by atoms with E-state index in [2.05, 4.69) is 39.3 Å². The summed E-state index contributed by atoms with van der Waals surface area (Å²) < 4.78 is 6.06. The highest BCUT2D eigenvalue weighted by Crippen LogP contribution is 2.37. The largest absolute Gasteiger partial charge is 0.368 e. The molecule has 1 rings (SSSR count). The summed E-state index contributed by atoms with van der Waals surface area (Å²) in [6.45, 7) is 9.88. The van der Waals surface area contributed by atoms with Gasteiger partial charge >= 0.3 is 0 Å². The summed E-state index contributed by atoms with van der Waals surface area (Å²) in [5.74, 6) is 1.28. The first kappa shape index (κ1) is 14.3. The first-order valence-corrected chi connectivity index (χ1v) is 7.69. The maximum absolute atomic E-state index is 6.06. The fourth-order valence-corrected chi connectivity index (χ4v) is 3.02. The van der Waals surface area contributed by atoms with E-state index >= 15 is 0 Å². The van der Waals surface area contributed by atoms with Gasteiger partial charge in [0.2, 0.25) is 0 Å². The molecule has 96 valence electrons. The summed E-state index contributed by atoms with van der Waals surface area (Å²) in [6, 6.07) is 0.497. The molecular formula is C13H27NOS. The lowest BCUT2D eigenvalue weighted by atomic mass is 9.94. The van der Waals surface area contributed by atoms with Gasteiger partial charge in [-0.25, -0.2) is 0 Å². The Kier molecular flexibility index (Phi) is 5.14. The van der Waals surface area contributed by atoms with E-state index in [9.17, 15) is 0 Å². The second-order valence-electron chi connectivity index (χ2n) is 5.88. The van der Waals surface area contributed by atoms with Crippen molar-refractivity contribution in [2.24, 2.45) is 0 Å². The maximum atomic E-state index is 6.06. The number of hydrogen-bond acceptors (Lipinski definition) is 3. The molecule has 1 N–H and O–H groups in total. The van der Waals surface area contributed by atoms with Gasteiger partial charge in [-0.1, -0.05) is 0 Å². The molecule has 3 heteroatoms. The fourth-order valence-electron chi connectivity index (χ4n) is 2.53. The van der Waals surface area contributed by atoms with Crippen LogP contribution in [0.25, 0.3) is 0 Å². The molecular weight excluding hydrogens is 218 g/mol. The lowest BCUT2D eigenvalue weighted by Gasteiger charge is -2.27. The molecule has 0 amide bonds. The van der Waals surface area contributed by atoms with E-state index in [4.69, 9.17) is 4.74 Å². The Labute approximate surface area is 105 Å². The number of unbranched alkanes of at least 4 members (excludes halogenated alkanes) is 1. The Morgan fingerprint density at radius 3 is 2.44 bits per heavy atom. The van der Waals surface area contributed by atoms with Gasteiger partial charge in [0.1, 0.15) is 0 Å². The molecule has 0 radical (unpaired) electrons. The van der Waals surface area contributed by atoms with Crippen molar-refractivity contribution >= 4 is 11.8 Å². The molecule has 0 bridgehead atoms. The first-order valence-electron chi connectivity index (χ1n) is 6.30. The van der Waals surface area contributed by atoms with Gasteiger partial charge in [0.25, 0.3) is 0 Å². The smallest absolute Gasteiger partial charge is 0.0787 e. The van der Waals surface area contributed by atoms with E-state index in [0.29, 0.717) is 6.04 Å². The summed E-state index contributed by atoms with van der Waals surface area (Å²) in [4.78, 5) is 0. The van der Waals surface area contributed by atoms with Crippen molar-refractivity contribution in [1.29, 1.82) is 0 Å². The zero-order valence-corrected chi connectivity index (χ0v) is 12.2. The minimum Gasteiger partial charge on any atom is -0.368 e. The van der Waals surface area contributed by atoms with E-state index in [1.807, 2.05) is 11.8 Å². The molecule has 0 saturated carbocycles. The van der Waals surface area contributed by atoms with Crippen molar-refractivity contribution in [2.75, 3.05) is 18.6 Å². The number of nitrogens with one attached hydrogen (secondary N) is 1. The molecule has 16 heavy (non-hydrogen) atoms. The molecule has 1 atom stereocenters. The van der Waals surface area contributed by atoms with Crippen LogP contribution in [0.5, 0.6) is 0 Å². The molecule has 0 aromatic rings. The second-order valence-corrected chi connectivity index (χ2v) is 6.86. The van der Waals surface area contributed by atoms with Gasteiger partial charge in [-0.2, -0.15) is 11.8 Å². The Hall–Kier alpha value is 0.270. The van der Waals surface area contributed by atoms with Crippen LogP contribution >= 0.6 is 11.8 Å². The van der Waals surface area contributed by atoms with Crippen LogP contribution in [-0.4, -0.2) is 35.8 Å². The topological polar surface area (TPSA) is 21.3 Å². The predicted molar refractivity (Wildman–Crippen MR) is 73.3 cm³/mol. The van der Waals surface area contributed by atoms with Gasteiger partial charge in [0.05, 0.1) is 11.2 Å². The van der Waals surface area contributed by atoms with Crippen LogP contribution in [-0.2, 0) is 4.74 Å². The average Bonchev–Trinajstić information content (AvgIpc) is 2.34. The van der Waals surface area contributed by atoms with Crippen molar-refractivity contribution in [3.63, 3.8) is 0 Å². The van der Waals surface area contributed by atoms with E-state index < -0.39 is 0 Å². The van der Waals surface area contributed by atoms with Gasteiger partial charge in [-0.05, 0) is 65.5 Å².